The van der Waals surface area contributed by atoms with Crippen molar-refractivity contribution < 1.29 is 0 Å². The second-order valence-corrected chi connectivity index (χ2v) is 2.47. The van der Waals surface area contributed by atoms with Crippen molar-refractivity contribution in [3.63, 3.8) is 0 Å². The zero-order valence-electron chi connectivity index (χ0n) is 5.56. The van der Waals surface area contributed by atoms with Gasteiger partial charge in [0.1, 0.15) is 5.69 Å². The van der Waals surface area contributed by atoms with Crippen molar-refractivity contribution in [2.24, 2.45) is 0 Å². The molecule has 1 aromatic rings. The van der Waals surface area contributed by atoms with Gasteiger partial charge in [0.2, 0.25) is 5.28 Å². The van der Waals surface area contributed by atoms with Gasteiger partial charge in [-0.05, 0) is 11.6 Å². The first-order chi connectivity index (χ1) is 5.27. The predicted octanol–water partition coefficient (Wildman–Crippen LogP) is 0.507. The molecule has 0 amide bonds. The average molecular weight is 172 g/mol. The Morgan fingerprint density at radius 1 is 1.36 bits per heavy atom. The lowest BCUT2D eigenvalue weighted by molar-refractivity contribution is 1.19. The molecular weight excluding hydrogens is 166 g/mol. The van der Waals surface area contributed by atoms with Gasteiger partial charge in [0.25, 0.3) is 0 Å². The van der Waals surface area contributed by atoms with Crippen LogP contribution in [0.3, 0.4) is 0 Å². The van der Waals surface area contributed by atoms with Crippen LogP contribution < -0.4 is 16.4 Å². The minimum Gasteiger partial charge on any atom is -0.382 e. The molecule has 11 heavy (non-hydrogen) atoms. The standard InChI is InChI=1S/C5H6ClN5/c6-5-10-3(7)2-4(11-5)9-1-8-2/h8H,1H2,(H3,7,9,10,11). The third kappa shape index (κ3) is 0.932. The molecule has 0 aliphatic carbocycles. The average Bonchev–Trinajstić information content (AvgIpc) is 2.34. The monoisotopic (exact) mass is 171 g/mol. The topological polar surface area (TPSA) is 75.9 Å². The summed E-state index contributed by atoms with van der Waals surface area (Å²) < 4.78 is 0. The van der Waals surface area contributed by atoms with Crippen LogP contribution in [-0.4, -0.2) is 16.6 Å². The van der Waals surface area contributed by atoms with Gasteiger partial charge in [0.05, 0.1) is 6.67 Å². The lowest BCUT2D eigenvalue weighted by Crippen LogP contribution is -2.00. The Morgan fingerprint density at radius 2 is 2.18 bits per heavy atom. The Bertz CT molecular complexity index is 299. The van der Waals surface area contributed by atoms with E-state index in [4.69, 9.17) is 17.3 Å². The zero-order chi connectivity index (χ0) is 7.84. The summed E-state index contributed by atoms with van der Waals surface area (Å²) in [5.74, 6) is 1.05. The molecule has 0 saturated heterocycles. The van der Waals surface area contributed by atoms with Gasteiger partial charge in [-0.1, -0.05) is 0 Å². The summed E-state index contributed by atoms with van der Waals surface area (Å²) in [6.45, 7) is 0.620. The van der Waals surface area contributed by atoms with E-state index in [1.165, 1.54) is 0 Å². The van der Waals surface area contributed by atoms with Crippen molar-refractivity contribution in [3.8, 4) is 0 Å². The van der Waals surface area contributed by atoms with Crippen molar-refractivity contribution in [2.75, 3.05) is 23.0 Å². The third-order valence-electron chi connectivity index (χ3n) is 1.43. The van der Waals surface area contributed by atoms with Gasteiger partial charge in [0, 0.05) is 0 Å². The van der Waals surface area contributed by atoms with Crippen LogP contribution in [0.1, 0.15) is 0 Å². The second-order valence-electron chi connectivity index (χ2n) is 2.13. The number of halogens is 1. The fourth-order valence-electron chi connectivity index (χ4n) is 0.968. The van der Waals surface area contributed by atoms with Crippen molar-refractivity contribution >= 4 is 28.9 Å². The predicted molar refractivity (Wildman–Crippen MR) is 43.6 cm³/mol. The van der Waals surface area contributed by atoms with E-state index in [0.29, 0.717) is 18.3 Å². The number of hydrogen-bond acceptors (Lipinski definition) is 5. The number of hydrogen-bond donors (Lipinski definition) is 3. The number of rotatable bonds is 0. The van der Waals surface area contributed by atoms with E-state index in [1.54, 1.807) is 0 Å². The molecular formula is C5H6ClN5. The highest BCUT2D eigenvalue weighted by atomic mass is 35.5. The molecule has 0 aromatic carbocycles. The van der Waals surface area contributed by atoms with Crippen LogP contribution in [0.15, 0.2) is 0 Å². The fraction of sp³-hybridized carbons (Fsp3) is 0.200. The summed E-state index contributed by atoms with van der Waals surface area (Å²) in [4.78, 5) is 7.69. The smallest absolute Gasteiger partial charge is 0.226 e. The number of anilines is 3. The number of nitrogens with one attached hydrogen (secondary N) is 2. The molecule has 0 atom stereocenters. The first-order valence-electron chi connectivity index (χ1n) is 3.08. The lowest BCUT2D eigenvalue weighted by Gasteiger charge is -2.00. The maximum atomic E-state index is 5.56. The van der Waals surface area contributed by atoms with Gasteiger partial charge in [0.15, 0.2) is 11.6 Å². The molecule has 4 N–H and O–H groups in total. The molecule has 6 heteroatoms. The molecule has 58 valence electrons. The first kappa shape index (κ1) is 6.48. The minimum atomic E-state index is 0.164. The second kappa shape index (κ2) is 2.13. The maximum absolute atomic E-state index is 5.56. The molecule has 0 saturated carbocycles. The highest BCUT2D eigenvalue weighted by molar-refractivity contribution is 6.28. The van der Waals surface area contributed by atoms with Crippen molar-refractivity contribution in [2.45, 2.75) is 0 Å². The van der Waals surface area contributed by atoms with E-state index in [2.05, 4.69) is 20.6 Å². The molecule has 0 bridgehead atoms. The minimum absolute atomic E-state index is 0.164. The molecule has 0 radical (unpaired) electrons. The van der Waals surface area contributed by atoms with Crippen LogP contribution in [0.2, 0.25) is 5.28 Å². The van der Waals surface area contributed by atoms with E-state index in [0.717, 1.165) is 5.69 Å². The van der Waals surface area contributed by atoms with Crippen LogP contribution >= 0.6 is 11.6 Å². The SMILES string of the molecule is Nc1nc(Cl)nc2c1NCN2. The van der Waals surface area contributed by atoms with Crippen LogP contribution in [-0.2, 0) is 0 Å². The van der Waals surface area contributed by atoms with Crippen LogP contribution in [0.4, 0.5) is 17.3 Å². The lowest BCUT2D eigenvalue weighted by atomic mass is 10.4. The molecule has 1 aliphatic rings. The Balaban J connectivity index is 2.60. The van der Waals surface area contributed by atoms with Crippen molar-refractivity contribution in [3.05, 3.63) is 5.28 Å². The highest BCUT2D eigenvalue weighted by Crippen LogP contribution is 2.29. The largest absolute Gasteiger partial charge is 0.382 e. The number of nitrogens with two attached hydrogens (primary N) is 1. The normalized spacial score (nSPS) is 13.5. The molecule has 1 aliphatic heterocycles. The molecule has 0 unspecified atom stereocenters. The third-order valence-corrected chi connectivity index (χ3v) is 1.60. The molecule has 0 fully saturated rings. The summed E-state index contributed by atoms with van der Waals surface area (Å²) in [5.41, 5.74) is 6.27. The van der Waals surface area contributed by atoms with E-state index < -0.39 is 0 Å². The molecule has 1 aromatic heterocycles. The molecule has 2 heterocycles. The number of aromatic nitrogens is 2. The van der Waals surface area contributed by atoms with Crippen LogP contribution in [0.25, 0.3) is 0 Å². The summed E-state index contributed by atoms with van der Waals surface area (Å²) in [6, 6.07) is 0. The summed E-state index contributed by atoms with van der Waals surface area (Å²) in [7, 11) is 0. The van der Waals surface area contributed by atoms with Crippen LogP contribution in [0.5, 0.6) is 0 Å². The van der Waals surface area contributed by atoms with E-state index >= 15 is 0 Å². The van der Waals surface area contributed by atoms with Crippen LogP contribution in [0, 0.1) is 0 Å². The summed E-state index contributed by atoms with van der Waals surface area (Å²) in [6.07, 6.45) is 0. The van der Waals surface area contributed by atoms with Gasteiger partial charge < -0.3 is 16.4 Å². The van der Waals surface area contributed by atoms with Gasteiger partial charge >= 0.3 is 0 Å². The highest BCUT2D eigenvalue weighted by Gasteiger charge is 2.15. The Kier molecular flexibility index (Phi) is 1.25. The Hall–Kier alpha value is -1.23. The number of fused-ring (bicyclic) bond motifs is 1. The molecule has 0 spiro atoms. The molecule has 5 nitrogen and oxygen atoms in total. The van der Waals surface area contributed by atoms with Gasteiger partial charge in [-0.3, -0.25) is 0 Å². The molecule has 2 rings (SSSR count). The van der Waals surface area contributed by atoms with E-state index in [9.17, 15) is 0 Å². The summed E-state index contributed by atoms with van der Waals surface area (Å²) >= 11 is 5.56. The van der Waals surface area contributed by atoms with Crippen molar-refractivity contribution in [1.82, 2.24) is 9.97 Å². The fourth-order valence-corrected chi connectivity index (χ4v) is 1.14. The van der Waals surface area contributed by atoms with E-state index in [1.807, 2.05) is 0 Å². The number of nitrogens with zero attached hydrogens (tertiary/aromatic N) is 2. The summed E-state index contributed by atoms with van der Waals surface area (Å²) in [5, 5.41) is 6.10. The van der Waals surface area contributed by atoms with Gasteiger partial charge in [-0.2, -0.15) is 9.97 Å². The van der Waals surface area contributed by atoms with Gasteiger partial charge in [-0.15, -0.1) is 0 Å². The Morgan fingerprint density at radius 3 is 3.00 bits per heavy atom. The van der Waals surface area contributed by atoms with Crippen molar-refractivity contribution in [1.29, 1.82) is 0 Å². The number of nitrogen functional groups attached to an aromatic ring is 1. The quantitative estimate of drug-likeness (QED) is 0.496. The first-order valence-corrected chi connectivity index (χ1v) is 3.46. The van der Waals surface area contributed by atoms with Gasteiger partial charge in [-0.25, -0.2) is 0 Å². The van der Waals surface area contributed by atoms with E-state index in [-0.39, 0.29) is 5.28 Å². The zero-order valence-corrected chi connectivity index (χ0v) is 6.31. The maximum Gasteiger partial charge on any atom is 0.226 e. The Labute approximate surface area is 68.0 Å².